The molecule has 2 amide bonds. The van der Waals surface area contributed by atoms with Gasteiger partial charge in [0.05, 0.1) is 12.3 Å². The van der Waals surface area contributed by atoms with Gasteiger partial charge in [-0.05, 0) is 43.7 Å². The summed E-state index contributed by atoms with van der Waals surface area (Å²) in [7, 11) is 1.61. The molecular formula is C20H22N2O4. The maximum Gasteiger partial charge on any atom is 0.280 e. The Morgan fingerprint density at radius 3 is 2.73 bits per heavy atom. The normalized spacial score (nSPS) is 18.9. The van der Waals surface area contributed by atoms with Gasteiger partial charge >= 0.3 is 0 Å². The van der Waals surface area contributed by atoms with E-state index in [0.717, 1.165) is 5.56 Å². The molecule has 0 spiro atoms. The van der Waals surface area contributed by atoms with Crippen LogP contribution in [-0.4, -0.2) is 31.1 Å². The number of likely N-dealkylation sites (N-methyl/N-ethyl adjacent to an activating group) is 1. The Kier molecular flexibility index (Phi) is 4.95. The quantitative estimate of drug-likeness (QED) is 0.838. The van der Waals surface area contributed by atoms with Crippen molar-refractivity contribution in [1.29, 1.82) is 0 Å². The van der Waals surface area contributed by atoms with E-state index in [1.807, 2.05) is 43.3 Å². The number of methoxy groups -OCH3 is 1. The molecule has 0 saturated carbocycles. The zero-order valence-electron chi connectivity index (χ0n) is 15.1. The molecule has 1 aliphatic heterocycles. The van der Waals surface area contributed by atoms with Crippen molar-refractivity contribution in [2.45, 2.75) is 26.1 Å². The Bertz CT molecular complexity index is 836. The first-order chi connectivity index (χ1) is 12.5. The number of amides is 2. The van der Waals surface area contributed by atoms with Gasteiger partial charge in [-0.25, -0.2) is 0 Å². The molecule has 0 saturated heterocycles. The van der Waals surface area contributed by atoms with Crippen LogP contribution >= 0.6 is 0 Å². The molecule has 1 unspecified atom stereocenters. The lowest BCUT2D eigenvalue weighted by molar-refractivity contribution is -0.145. The third-order valence-corrected chi connectivity index (χ3v) is 4.37. The first-order valence-electron chi connectivity index (χ1n) is 8.49. The number of para-hydroxylation sites is 2. The van der Waals surface area contributed by atoms with Crippen LogP contribution in [0.1, 0.15) is 19.4 Å². The fraction of sp³-hybridized carbons (Fsp3) is 0.300. The third kappa shape index (κ3) is 3.15. The molecular weight excluding hydrogens is 332 g/mol. The van der Waals surface area contributed by atoms with E-state index in [4.69, 9.17) is 9.47 Å². The van der Waals surface area contributed by atoms with Crippen molar-refractivity contribution >= 4 is 23.2 Å². The standard InChI is InChI=1S/C20H22N2O4/c1-4-22-16-10-5-6-11-17(16)26-20(2,19(22)24)18(23)21-15-9-7-8-14(12-15)13-25-3/h5-12H,4,13H2,1-3H3,(H,21,23). The largest absolute Gasteiger partial charge is 0.465 e. The van der Waals surface area contributed by atoms with Crippen molar-refractivity contribution in [3.05, 3.63) is 54.1 Å². The zero-order chi connectivity index (χ0) is 18.7. The average molecular weight is 354 g/mol. The Labute approximate surface area is 152 Å². The number of hydrogen-bond donors (Lipinski definition) is 1. The molecule has 1 N–H and O–H groups in total. The van der Waals surface area contributed by atoms with Gasteiger partial charge in [-0.1, -0.05) is 24.3 Å². The molecule has 1 aliphatic rings. The number of benzene rings is 2. The molecule has 1 atom stereocenters. The zero-order valence-corrected chi connectivity index (χ0v) is 15.1. The van der Waals surface area contributed by atoms with Crippen LogP contribution in [-0.2, 0) is 20.9 Å². The number of carbonyl (C=O) groups excluding carboxylic acids is 2. The van der Waals surface area contributed by atoms with Crippen LogP contribution in [0.4, 0.5) is 11.4 Å². The number of nitrogens with one attached hydrogen (secondary N) is 1. The van der Waals surface area contributed by atoms with Crippen LogP contribution in [0.5, 0.6) is 5.75 Å². The minimum absolute atomic E-state index is 0.385. The van der Waals surface area contributed by atoms with Crippen molar-refractivity contribution < 1.29 is 19.1 Å². The summed E-state index contributed by atoms with van der Waals surface area (Å²) in [6.07, 6.45) is 0. The summed E-state index contributed by atoms with van der Waals surface area (Å²) in [4.78, 5) is 27.5. The second-order valence-electron chi connectivity index (χ2n) is 6.24. The molecule has 0 aliphatic carbocycles. The number of ether oxygens (including phenoxy) is 2. The van der Waals surface area contributed by atoms with Gasteiger partial charge in [0.25, 0.3) is 17.4 Å². The van der Waals surface area contributed by atoms with E-state index < -0.39 is 11.5 Å². The van der Waals surface area contributed by atoms with Crippen LogP contribution in [0, 0.1) is 0 Å². The topological polar surface area (TPSA) is 67.9 Å². The predicted molar refractivity (Wildman–Crippen MR) is 99.3 cm³/mol. The van der Waals surface area contributed by atoms with Gasteiger partial charge in [0.2, 0.25) is 0 Å². The second-order valence-corrected chi connectivity index (χ2v) is 6.24. The molecule has 6 nitrogen and oxygen atoms in total. The number of hydrogen-bond acceptors (Lipinski definition) is 4. The van der Waals surface area contributed by atoms with E-state index in [-0.39, 0.29) is 5.91 Å². The van der Waals surface area contributed by atoms with Gasteiger partial charge in [0.1, 0.15) is 5.75 Å². The van der Waals surface area contributed by atoms with Gasteiger partial charge in [-0.15, -0.1) is 0 Å². The van der Waals surface area contributed by atoms with Crippen molar-refractivity contribution in [3.8, 4) is 5.75 Å². The van der Waals surface area contributed by atoms with Gasteiger partial charge < -0.3 is 19.7 Å². The van der Waals surface area contributed by atoms with E-state index in [1.165, 1.54) is 6.92 Å². The highest BCUT2D eigenvalue weighted by Crippen LogP contribution is 2.37. The van der Waals surface area contributed by atoms with Gasteiger partial charge in [0.15, 0.2) is 0 Å². The first kappa shape index (κ1) is 17.9. The molecule has 1 heterocycles. The highest BCUT2D eigenvalue weighted by atomic mass is 16.5. The highest BCUT2D eigenvalue weighted by molar-refractivity contribution is 6.19. The van der Waals surface area contributed by atoms with Crippen molar-refractivity contribution in [2.24, 2.45) is 0 Å². The van der Waals surface area contributed by atoms with Crippen LogP contribution in [0.15, 0.2) is 48.5 Å². The summed E-state index contributed by atoms with van der Waals surface area (Å²) >= 11 is 0. The Morgan fingerprint density at radius 2 is 2.00 bits per heavy atom. The third-order valence-electron chi connectivity index (χ3n) is 4.37. The SMILES string of the molecule is CCN1C(=O)C(C)(C(=O)Nc2cccc(COC)c2)Oc2ccccc21. The fourth-order valence-electron chi connectivity index (χ4n) is 3.01. The summed E-state index contributed by atoms with van der Waals surface area (Å²) in [5.41, 5.74) is 0.546. The van der Waals surface area contributed by atoms with Gasteiger partial charge in [-0.3, -0.25) is 9.59 Å². The monoisotopic (exact) mass is 354 g/mol. The van der Waals surface area contributed by atoms with E-state index in [9.17, 15) is 9.59 Å². The smallest absolute Gasteiger partial charge is 0.280 e. The minimum Gasteiger partial charge on any atom is -0.465 e. The van der Waals surface area contributed by atoms with Crippen molar-refractivity contribution in [1.82, 2.24) is 0 Å². The number of anilines is 2. The Balaban J connectivity index is 1.89. The van der Waals surface area contributed by atoms with E-state index in [2.05, 4.69) is 5.32 Å². The first-order valence-corrected chi connectivity index (χ1v) is 8.49. The van der Waals surface area contributed by atoms with Crippen molar-refractivity contribution in [3.63, 3.8) is 0 Å². The highest BCUT2D eigenvalue weighted by Gasteiger charge is 2.50. The lowest BCUT2D eigenvalue weighted by Gasteiger charge is -2.39. The van der Waals surface area contributed by atoms with Crippen LogP contribution in [0.25, 0.3) is 0 Å². The summed E-state index contributed by atoms with van der Waals surface area (Å²) in [5, 5.41) is 2.79. The number of fused-ring (bicyclic) bond motifs is 1. The fourth-order valence-corrected chi connectivity index (χ4v) is 3.01. The number of rotatable bonds is 5. The molecule has 0 radical (unpaired) electrons. The molecule has 6 heteroatoms. The van der Waals surface area contributed by atoms with E-state index in [0.29, 0.717) is 30.3 Å². The molecule has 2 aromatic rings. The van der Waals surface area contributed by atoms with E-state index >= 15 is 0 Å². The predicted octanol–water partition coefficient (Wildman–Crippen LogP) is 2.98. The molecule has 26 heavy (non-hydrogen) atoms. The summed E-state index contributed by atoms with van der Waals surface area (Å²) < 4.78 is 11.0. The average Bonchev–Trinajstić information content (AvgIpc) is 2.63. The van der Waals surface area contributed by atoms with Crippen LogP contribution < -0.4 is 15.0 Å². The summed E-state index contributed by atoms with van der Waals surface area (Å²) in [5.74, 6) is -0.381. The molecule has 2 aromatic carbocycles. The van der Waals surface area contributed by atoms with E-state index in [1.54, 1.807) is 24.1 Å². The number of nitrogens with zero attached hydrogens (tertiary/aromatic N) is 1. The Hall–Kier alpha value is -2.86. The molecule has 0 aromatic heterocycles. The van der Waals surface area contributed by atoms with Gasteiger partial charge in [0, 0.05) is 19.3 Å². The summed E-state index contributed by atoms with van der Waals surface area (Å²) in [6.45, 7) is 4.26. The molecule has 136 valence electrons. The van der Waals surface area contributed by atoms with Crippen LogP contribution in [0.2, 0.25) is 0 Å². The van der Waals surface area contributed by atoms with Crippen LogP contribution in [0.3, 0.4) is 0 Å². The maximum absolute atomic E-state index is 13.0. The minimum atomic E-state index is -1.64. The molecule has 0 bridgehead atoms. The second kappa shape index (κ2) is 7.17. The maximum atomic E-state index is 13.0. The lowest BCUT2D eigenvalue weighted by Crippen LogP contribution is -2.60. The van der Waals surface area contributed by atoms with Crippen molar-refractivity contribution in [2.75, 3.05) is 23.9 Å². The summed E-state index contributed by atoms with van der Waals surface area (Å²) in [6, 6.07) is 14.5. The Morgan fingerprint density at radius 1 is 1.23 bits per heavy atom. The molecule has 0 fully saturated rings. The van der Waals surface area contributed by atoms with Gasteiger partial charge in [-0.2, -0.15) is 0 Å². The molecule has 3 rings (SSSR count). The lowest BCUT2D eigenvalue weighted by atomic mass is 9.99. The number of carbonyl (C=O) groups is 2.